The van der Waals surface area contributed by atoms with Gasteiger partial charge in [-0.25, -0.2) is 15.2 Å². The molecule has 1 heterocycles. The van der Waals surface area contributed by atoms with Crippen molar-refractivity contribution in [2.75, 3.05) is 5.43 Å². The van der Waals surface area contributed by atoms with Crippen LogP contribution in [0.2, 0.25) is 5.02 Å². The van der Waals surface area contributed by atoms with Gasteiger partial charge >= 0.3 is 0 Å². The molecule has 1 aromatic heterocycles. The third-order valence-electron chi connectivity index (χ3n) is 2.63. The summed E-state index contributed by atoms with van der Waals surface area (Å²) in [5, 5.41) is 0.0322. The summed E-state index contributed by atoms with van der Waals surface area (Å²) < 4.78 is 19.0. The van der Waals surface area contributed by atoms with E-state index in [9.17, 15) is 4.39 Å². The average molecular weight is 311 g/mol. The maximum atomic E-state index is 13.4. The molecule has 7 heteroatoms. The molecule has 0 radical (unpaired) electrons. The zero-order valence-electron chi connectivity index (χ0n) is 11.9. The van der Waals surface area contributed by atoms with Gasteiger partial charge in [0.1, 0.15) is 23.2 Å². The van der Waals surface area contributed by atoms with E-state index < -0.39 is 5.82 Å². The molecule has 5 nitrogen and oxygen atoms in total. The third-order valence-corrected chi connectivity index (χ3v) is 2.94. The summed E-state index contributed by atoms with van der Waals surface area (Å²) in [6.07, 6.45) is 0. The lowest BCUT2D eigenvalue weighted by atomic mass is 9.96. The molecule has 0 amide bonds. The number of hydrogen-bond donors (Lipinski definition) is 2. The van der Waals surface area contributed by atoms with Crippen molar-refractivity contribution < 1.29 is 9.13 Å². The number of ether oxygens (including phenoxy) is 1. The first kappa shape index (κ1) is 15.5. The van der Waals surface area contributed by atoms with Crippen molar-refractivity contribution in [1.82, 2.24) is 9.97 Å². The number of nitrogens with one attached hydrogen (secondary N) is 1. The van der Waals surface area contributed by atoms with Crippen LogP contribution in [0.1, 0.15) is 26.6 Å². The first-order chi connectivity index (χ1) is 9.79. The summed E-state index contributed by atoms with van der Waals surface area (Å²) >= 11 is 5.63. The number of anilines is 1. The van der Waals surface area contributed by atoms with Crippen LogP contribution in [0, 0.1) is 5.82 Å². The van der Waals surface area contributed by atoms with Gasteiger partial charge < -0.3 is 10.2 Å². The minimum Gasteiger partial charge on any atom is -0.439 e. The SMILES string of the molecule is CC(C)(C)c1nc(NN)cc(Oc2ccc(Cl)c(F)c2)n1. The summed E-state index contributed by atoms with van der Waals surface area (Å²) in [5.74, 6) is 6.37. The number of halogens is 2. The Labute approximate surface area is 127 Å². The van der Waals surface area contributed by atoms with E-state index in [0.29, 0.717) is 17.4 Å². The number of nitrogen functional groups attached to an aromatic ring is 1. The lowest BCUT2D eigenvalue weighted by Crippen LogP contribution is -2.19. The summed E-state index contributed by atoms with van der Waals surface area (Å²) in [5.41, 5.74) is 2.18. The molecule has 2 aromatic rings. The van der Waals surface area contributed by atoms with Crippen LogP contribution in [0.4, 0.5) is 10.2 Å². The van der Waals surface area contributed by atoms with Gasteiger partial charge in [0.05, 0.1) is 5.02 Å². The summed E-state index contributed by atoms with van der Waals surface area (Å²) in [6.45, 7) is 5.90. The van der Waals surface area contributed by atoms with Crippen LogP contribution in [0.5, 0.6) is 11.6 Å². The predicted molar refractivity (Wildman–Crippen MR) is 80.0 cm³/mol. The molecule has 0 fully saturated rings. The molecule has 0 saturated carbocycles. The second kappa shape index (κ2) is 5.83. The van der Waals surface area contributed by atoms with Gasteiger partial charge in [-0.05, 0) is 12.1 Å². The fraction of sp³-hybridized carbons (Fsp3) is 0.286. The summed E-state index contributed by atoms with van der Waals surface area (Å²) in [6, 6.07) is 5.69. The highest BCUT2D eigenvalue weighted by atomic mass is 35.5. The van der Waals surface area contributed by atoms with Crippen LogP contribution >= 0.6 is 11.6 Å². The Morgan fingerprint density at radius 3 is 2.52 bits per heavy atom. The van der Waals surface area contributed by atoms with Gasteiger partial charge in [0, 0.05) is 17.5 Å². The average Bonchev–Trinajstić information content (AvgIpc) is 2.41. The molecular formula is C14H16ClFN4O. The smallest absolute Gasteiger partial charge is 0.224 e. The van der Waals surface area contributed by atoms with Gasteiger partial charge in [-0.15, -0.1) is 0 Å². The van der Waals surface area contributed by atoms with Crippen molar-refractivity contribution in [3.05, 3.63) is 40.9 Å². The van der Waals surface area contributed by atoms with Gasteiger partial charge in [0.15, 0.2) is 0 Å². The molecule has 0 unspecified atom stereocenters. The third kappa shape index (κ3) is 3.80. The predicted octanol–water partition coefficient (Wildman–Crippen LogP) is 3.64. The van der Waals surface area contributed by atoms with E-state index in [0.717, 1.165) is 0 Å². The molecule has 2 rings (SSSR count). The first-order valence-corrected chi connectivity index (χ1v) is 6.66. The number of nitrogens with zero attached hydrogens (tertiary/aromatic N) is 2. The van der Waals surface area contributed by atoms with Crippen molar-refractivity contribution in [2.24, 2.45) is 5.84 Å². The standard InChI is InChI=1S/C14H16ClFN4O/c1-14(2,3)13-18-11(20-17)7-12(19-13)21-8-4-5-9(15)10(16)6-8/h4-7H,17H2,1-3H3,(H,18,19,20). The second-order valence-corrected chi connectivity index (χ2v) is 5.89. The zero-order valence-corrected chi connectivity index (χ0v) is 12.7. The Kier molecular flexibility index (Phi) is 4.29. The Morgan fingerprint density at radius 2 is 1.95 bits per heavy atom. The number of aromatic nitrogens is 2. The minimum absolute atomic E-state index is 0.0322. The van der Waals surface area contributed by atoms with E-state index in [-0.39, 0.29) is 16.3 Å². The van der Waals surface area contributed by atoms with Crippen molar-refractivity contribution in [3.63, 3.8) is 0 Å². The normalized spacial score (nSPS) is 11.3. The molecule has 0 saturated heterocycles. The summed E-state index contributed by atoms with van der Waals surface area (Å²) in [7, 11) is 0. The van der Waals surface area contributed by atoms with E-state index in [1.807, 2.05) is 20.8 Å². The van der Waals surface area contributed by atoms with Crippen LogP contribution in [0.15, 0.2) is 24.3 Å². The van der Waals surface area contributed by atoms with Crippen LogP contribution in [-0.4, -0.2) is 9.97 Å². The molecule has 0 atom stereocenters. The lowest BCUT2D eigenvalue weighted by Gasteiger charge is -2.18. The topological polar surface area (TPSA) is 73.1 Å². The van der Waals surface area contributed by atoms with E-state index in [2.05, 4.69) is 15.4 Å². The fourth-order valence-electron chi connectivity index (χ4n) is 1.55. The second-order valence-electron chi connectivity index (χ2n) is 5.49. The molecular weight excluding hydrogens is 295 g/mol. The van der Waals surface area contributed by atoms with Crippen molar-refractivity contribution in [1.29, 1.82) is 0 Å². The highest BCUT2D eigenvalue weighted by Crippen LogP contribution is 2.28. The molecule has 21 heavy (non-hydrogen) atoms. The summed E-state index contributed by atoms with van der Waals surface area (Å²) in [4.78, 5) is 8.59. The molecule has 0 aliphatic carbocycles. The number of nitrogens with two attached hydrogens (primary N) is 1. The molecule has 1 aromatic carbocycles. The monoisotopic (exact) mass is 310 g/mol. The quantitative estimate of drug-likeness (QED) is 0.669. The Hall–Kier alpha value is -1.92. The van der Waals surface area contributed by atoms with Crippen molar-refractivity contribution >= 4 is 17.4 Å². The molecule has 3 N–H and O–H groups in total. The van der Waals surface area contributed by atoms with E-state index in [4.69, 9.17) is 22.2 Å². The molecule has 112 valence electrons. The lowest BCUT2D eigenvalue weighted by molar-refractivity contribution is 0.443. The molecule has 0 bridgehead atoms. The highest BCUT2D eigenvalue weighted by Gasteiger charge is 2.19. The Balaban J connectivity index is 2.36. The van der Waals surface area contributed by atoms with E-state index >= 15 is 0 Å². The van der Waals surface area contributed by atoms with Crippen LogP contribution < -0.4 is 16.0 Å². The first-order valence-electron chi connectivity index (χ1n) is 6.28. The van der Waals surface area contributed by atoms with Crippen molar-refractivity contribution in [2.45, 2.75) is 26.2 Å². The molecule has 0 aliphatic rings. The van der Waals surface area contributed by atoms with Crippen molar-refractivity contribution in [3.8, 4) is 11.6 Å². The van der Waals surface area contributed by atoms with Crippen LogP contribution in [0.3, 0.4) is 0 Å². The van der Waals surface area contributed by atoms with Gasteiger partial charge in [-0.1, -0.05) is 32.4 Å². The minimum atomic E-state index is -0.559. The van der Waals surface area contributed by atoms with Crippen LogP contribution in [0.25, 0.3) is 0 Å². The number of benzene rings is 1. The largest absolute Gasteiger partial charge is 0.439 e. The van der Waals surface area contributed by atoms with Gasteiger partial charge in [-0.2, -0.15) is 4.98 Å². The van der Waals surface area contributed by atoms with E-state index in [1.165, 1.54) is 18.2 Å². The zero-order chi connectivity index (χ0) is 15.6. The maximum Gasteiger partial charge on any atom is 0.224 e. The number of rotatable bonds is 3. The Bertz CT molecular complexity index is 658. The molecule has 0 aliphatic heterocycles. The number of hydrogen-bond acceptors (Lipinski definition) is 5. The van der Waals surface area contributed by atoms with Gasteiger partial charge in [0.2, 0.25) is 5.88 Å². The van der Waals surface area contributed by atoms with E-state index in [1.54, 1.807) is 6.07 Å². The highest BCUT2D eigenvalue weighted by molar-refractivity contribution is 6.30. The van der Waals surface area contributed by atoms with Gasteiger partial charge in [0.25, 0.3) is 0 Å². The fourth-order valence-corrected chi connectivity index (χ4v) is 1.67. The maximum absolute atomic E-state index is 13.4. The Morgan fingerprint density at radius 1 is 1.24 bits per heavy atom. The number of hydrazine groups is 1. The molecule has 0 spiro atoms. The van der Waals surface area contributed by atoms with Gasteiger partial charge in [-0.3, -0.25) is 0 Å². The van der Waals surface area contributed by atoms with Crippen LogP contribution in [-0.2, 0) is 5.41 Å².